The third-order valence-corrected chi connectivity index (χ3v) is 3.97. The van der Waals surface area contributed by atoms with Crippen LogP contribution in [0.4, 0.5) is 11.5 Å². The number of aromatic amines is 1. The predicted octanol–water partition coefficient (Wildman–Crippen LogP) is 4.17. The Morgan fingerprint density at radius 2 is 2.00 bits per heavy atom. The lowest BCUT2D eigenvalue weighted by atomic mass is 10.1. The molecule has 5 heteroatoms. The Kier molecular flexibility index (Phi) is 3.12. The van der Waals surface area contributed by atoms with Crippen LogP contribution in [0.5, 0.6) is 5.75 Å². The third-order valence-electron chi connectivity index (χ3n) is 3.97. The average Bonchev–Trinajstić information content (AvgIpc) is 3.02. The van der Waals surface area contributed by atoms with Gasteiger partial charge in [-0.1, -0.05) is 6.07 Å². The number of benzene rings is 2. The number of anilines is 2. The fourth-order valence-electron chi connectivity index (χ4n) is 2.77. The first kappa shape index (κ1) is 13.6. The van der Waals surface area contributed by atoms with Crippen molar-refractivity contribution < 1.29 is 4.74 Å². The van der Waals surface area contributed by atoms with Gasteiger partial charge in [-0.2, -0.15) is 0 Å². The van der Waals surface area contributed by atoms with Crippen LogP contribution in [0.2, 0.25) is 0 Å². The highest BCUT2D eigenvalue weighted by molar-refractivity contribution is 5.93. The third kappa shape index (κ3) is 2.36. The van der Waals surface area contributed by atoms with E-state index in [-0.39, 0.29) is 0 Å². The number of ether oxygens (including phenoxy) is 1. The fourth-order valence-corrected chi connectivity index (χ4v) is 2.77. The van der Waals surface area contributed by atoms with Crippen LogP contribution in [0.25, 0.3) is 21.8 Å². The summed E-state index contributed by atoms with van der Waals surface area (Å²) in [6, 6.07) is 12.2. The van der Waals surface area contributed by atoms with Gasteiger partial charge in [0.1, 0.15) is 17.9 Å². The monoisotopic (exact) mass is 304 g/mol. The summed E-state index contributed by atoms with van der Waals surface area (Å²) in [6.07, 6.45) is 3.51. The zero-order chi connectivity index (χ0) is 15.8. The summed E-state index contributed by atoms with van der Waals surface area (Å²) in [5.74, 6) is 1.59. The van der Waals surface area contributed by atoms with Crippen molar-refractivity contribution in [3.8, 4) is 5.75 Å². The maximum Gasteiger partial charge on any atom is 0.141 e. The predicted molar refractivity (Wildman–Crippen MR) is 92.4 cm³/mol. The first-order chi connectivity index (χ1) is 11.2. The van der Waals surface area contributed by atoms with Gasteiger partial charge in [-0.15, -0.1) is 0 Å². The minimum Gasteiger partial charge on any atom is -0.496 e. The molecule has 4 rings (SSSR count). The van der Waals surface area contributed by atoms with Crippen LogP contribution in [0.3, 0.4) is 0 Å². The van der Waals surface area contributed by atoms with Crippen molar-refractivity contribution in [3.63, 3.8) is 0 Å². The summed E-state index contributed by atoms with van der Waals surface area (Å²) in [5.41, 5.74) is 4.00. The number of methoxy groups -OCH3 is 1. The lowest BCUT2D eigenvalue weighted by molar-refractivity contribution is 0.412. The van der Waals surface area contributed by atoms with Gasteiger partial charge in [-0.25, -0.2) is 9.97 Å². The van der Waals surface area contributed by atoms with Crippen LogP contribution in [-0.2, 0) is 0 Å². The summed E-state index contributed by atoms with van der Waals surface area (Å²) in [6.45, 7) is 2.01. The summed E-state index contributed by atoms with van der Waals surface area (Å²) in [7, 11) is 1.67. The normalized spacial score (nSPS) is 11.0. The number of hydrogen-bond donors (Lipinski definition) is 2. The molecule has 0 saturated carbocycles. The molecule has 114 valence electrons. The number of rotatable bonds is 3. The Balaban J connectivity index is 1.81. The second-order valence-corrected chi connectivity index (χ2v) is 5.47. The molecule has 0 fully saturated rings. The van der Waals surface area contributed by atoms with Gasteiger partial charge < -0.3 is 15.0 Å². The zero-order valence-electron chi connectivity index (χ0n) is 12.9. The van der Waals surface area contributed by atoms with E-state index >= 15 is 0 Å². The summed E-state index contributed by atoms with van der Waals surface area (Å²) >= 11 is 0. The molecule has 0 atom stereocenters. The van der Waals surface area contributed by atoms with E-state index in [9.17, 15) is 0 Å². The van der Waals surface area contributed by atoms with Crippen molar-refractivity contribution in [2.24, 2.45) is 0 Å². The fraction of sp³-hybridized carbons (Fsp3) is 0.111. The molecule has 0 aliphatic carbocycles. The topological polar surface area (TPSA) is 62.8 Å². The summed E-state index contributed by atoms with van der Waals surface area (Å²) in [5, 5.41) is 5.49. The van der Waals surface area contributed by atoms with Gasteiger partial charge in [0.15, 0.2) is 0 Å². The van der Waals surface area contributed by atoms with E-state index < -0.39 is 0 Å². The second-order valence-electron chi connectivity index (χ2n) is 5.47. The maximum atomic E-state index is 5.42. The van der Waals surface area contributed by atoms with Gasteiger partial charge in [0.05, 0.1) is 12.6 Å². The molecule has 4 aromatic rings. The largest absolute Gasteiger partial charge is 0.496 e. The van der Waals surface area contributed by atoms with E-state index in [1.165, 1.54) is 5.39 Å². The molecule has 2 aromatic carbocycles. The van der Waals surface area contributed by atoms with E-state index in [2.05, 4.69) is 32.4 Å². The van der Waals surface area contributed by atoms with E-state index in [1.54, 1.807) is 13.4 Å². The molecule has 0 amide bonds. The van der Waals surface area contributed by atoms with Crippen LogP contribution in [0.15, 0.2) is 48.9 Å². The molecule has 0 saturated heterocycles. The van der Waals surface area contributed by atoms with Gasteiger partial charge in [0.25, 0.3) is 0 Å². The molecule has 0 bridgehead atoms. The van der Waals surface area contributed by atoms with E-state index in [0.29, 0.717) is 0 Å². The molecular weight excluding hydrogens is 288 g/mol. The van der Waals surface area contributed by atoms with Gasteiger partial charge in [-0.3, -0.25) is 0 Å². The Morgan fingerprint density at radius 1 is 1.09 bits per heavy atom. The van der Waals surface area contributed by atoms with Crippen LogP contribution >= 0.6 is 0 Å². The SMILES string of the molecule is COc1cc2c(Nc3ccc4cc[nH]c4c3)ncnc2cc1C. The van der Waals surface area contributed by atoms with Crippen molar-refractivity contribution in [2.45, 2.75) is 6.92 Å². The van der Waals surface area contributed by atoms with Crippen LogP contribution < -0.4 is 10.1 Å². The van der Waals surface area contributed by atoms with Crippen LogP contribution in [0.1, 0.15) is 5.56 Å². The molecule has 2 N–H and O–H groups in total. The molecule has 2 aromatic heterocycles. The first-order valence-corrected chi connectivity index (χ1v) is 7.38. The van der Waals surface area contributed by atoms with Gasteiger partial charge in [0, 0.05) is 22.8 Å². The highest BCUT2D eigenvalue weighted by Crippen LogP contribution is 2.30. The molecule has 0 radical (unpaired) electrons. The van der Waals surface area contributed by atoms with Crippen LogP contribution in [0, 0.1) is 6.92 Å². The number of H-pyrrole nitrogens is 1. The Hall–Kier alpha value is -3.08. The lowest BCUT2D eigenvalue weighted by Gasteiger charge is -2.11. The molecule has 23 heavy (non-hydrogen) atoms. The highest BCUT2D eigenvalue weighted by Gasteiger charge is 2.08. The second kappa shape index (κ2) is 5.28. The molecule has 0 unspecified atom stereocenters. The Labute approximate surface area is 133 Å². The number of hydrogen-bond acceptors (Lipinski definition) is 4. The van der Waals surface area contributed by atoms with Crippen molar-refractivity contribution in [1.82, 2.24) is 15.0 Å². The summed E-state index contributed by atoms with van der Waals surface area (Å²) in [4.78, 5) is 12.0. The van der Waals surface area contributed by atoms with Crippen molar-refractivity contribution in [3.05, 3.63) is 54.5 Å². The summed E-state index contributed by atoms with van der Waals surface area (Å²) < 4.78 is 5.42. The van der Waals surface area contributed by atoms with Crippen molar-refractivity contribution in [1.29, 1.82) is 0 Å². The average molecular weight is 304 g/mol. The number of aromatic nitrogens is 3. The van der Waals surface area contributed by atoms with Crippen LogP contribution in [-0.4, -0.2) is 22.1 Å². The number of aryl methyl sites for hydroxylation is 1. The number of nitrogens with zero attached hydrogens (tertiary/aromatic N) is 2. The molecule has 0 spiro atoms. The van der Waals surface area contributed by atoms with Crippen molar-refractivity contribution in [2.75, 3.05) is 12.4 Å². The number of fused-ring (bicyclic) bond motifs is 2. The molecular formula is C18H16N4O. The first-order valence-electron chi connectivity index (χ1n) is 7.38. The van der Waals surface area contributed by atoms with E-state index in [0.717, 1.165) is 39.2 Å². The van der Waals surface area contributed by atoms with Crippen molar-refractivity contribution >= 4 is 33.3 Å². The minimum atomic E-state index is 0.763. The molecule has 0 aliphatic heterocycles. The van der Waals surface area contributed by atoms with Gasteiger partial charge >= 0.3 is 0 Å². The van der Waals surface area contributed by atoms with Gasteiger partial charge in [-0.05, 0) is 48.2 Å². The molecule has 2 heterocycles. The molecule has 5 nitrogen and oxygen atoms in total. The highest BCUT2D eigenvalue weighted by atomic mass is 16.5. The standard InChI is InChI=1S/C18H16N4O/c1-11-7-16-14(9-17(11)23-2)18(21-10-20-16)22-13-4-3-12-5-6-19-15(12)8-13/h3-10,19H,1-2H3,(H,20,21,22). The van der Waals surface area contributed by atoms with E-state index in [4.69, 9.17) is 4.74 Å². The lowest BCUT2D eigenvalue weighted by Crippen LogP contribution is -1.97. The number of nitrogens with one attached hydrogen (secondary N) is 2. The zero-order valence-corrected chi connectivity index (χ0v) is 12.9. The Morgan fingerprint density at radius 3 is 2.87 bits per heavy atom. The molecule has 0 aliphatic rings. The maximum absolute atomic E-state index is 5.42. The minimum absolute atomic E-state index is 0.763. The van der Waals surface area contributed by atoms with Gasteiger partial charge in [0.2, 0.25) is 0 Å². The Bertz CT molecular complexity index is 1010. The quantitative estimate of drug-likeness (QED) is 0.596. The smallest absolute Gasteiger partial charge is 0.141 e. The van der Waals surface area contributed by atoms with E-state index in [1.807, 2.05) is 37.4 Å².